The third-order valence-corrected chi connectivity index (χ3v) is 1.53. The van der Waals surface area contributed by atoms with Gasteiger partial charge >= 0.3 is 51.4 Å². The number of pyridine rings is 1. The van der Waals surface area contributed by atoms with E-state index in [1.54, 1.807) is 5.43 Å². The first-order valence-electron chi connectivity index (χ1n) is 3.57. The third-order valence-electron chi connectivity index (χ3n) is 1.53. The molecule has 0 radical (unpaired) electrons. The Morgan fingerprint density at radius 1 is 1.67 bits per heavy atom. The van der Waals surface area contributed by atoms with Crippen molar-refractivity contribution in [1.29, 1.82) is 0 Å². The van der Waals surface area contributed by atoms with Gasteiger partial charge in [-0.25, -0.2) is 0 Å². The first-order chi connectivity index (χ1) is 6.60. The van der Waals surface area contributed by atoms with Gasteiger partial charge in [-0.15, -0.1) is 0 Å². The molecule has 0 atom stereocenters. The maximum atomic E-state index is 11.0. The van der Waals surface area contributed by atoms with Gasteiger partial charge in [-0.2, -0.15) is 0 Å². The van der Waals surface area contributed by atoms with Gasteiger partial charge in [-0.3, -0.25) is 9.59 Å². The van der Waals surface area contributed by atoms with Gasteiger partial charge in [0, 0.05) is 6.07 Å². The molecule has 0 fully saturated rings. The van der Waals surface area contributed by atoms with Crippen molar-refractivity contribution in [2.45, 2.75) is 0 Å². The van der Waals surface area contributed by atoms with Crippen LogP contribution < -0.4 is 67.0 Å². The second-order valence-corrected chi connectivity index (χ2v) is 2.38. The summed E-state index contributed by atoms with van der Waals surface area (Å²) in [5.74, 6) is 4.97. The molecule has 0 saturated heterocycles. The van der Waals surface area contributed by atoms with Crippen molar-refractivity contribution in [3.8, 4) is 11.6 Å². The molecule has 7 nitrogen and oxygen atoms in total. The number of methoxy groups -OCH3 is 1. The number of aromatic amines is 1. The molecule has 0 saturated carbocycles. The van der Waals surface area contributed by atoms with E-state index in [4.69, 9.17) is 10.9 Å². The van der Waals surface area contributed by atoms with Crippen LogP contribution in [0.15, 0.2) is 10.9 Å². The predicted molar refractivity (Wildman–Crippen MR) is 47.1 cm³/mol. The maximum Gasteiger partial charge on any atom is 1.00 e. The van der Waals surface area contributed by atoms with Gasteiger partial charge in [0.2, 0.25) is 17.1 Å². The molecule has 1 aromatic heterocycles. The van der Waals surface area contributed by atoms with Crippen molar-refractivity contribution in [2.24, 2.45) is 0 Å². The van der Waals surface area contributed by atoms with Gasteiger partial charge in [0.05, 0.1) is 7.11 Å². The van der Waals surface area contributed by atoms with Gasteiger partial charge in [-0.05, 0) is 0 Å². The predicted octanol–water partition coefficient (Wildman–Crippen LogP) is -3.21. The van der Waals surface area contributed by atoms with Crippen LogP contribution in [0.5, 0.6) is 11.6 Å². The monoisotopic (exact) mass is 237 g/mol. The molecule has 8 heteroatoms. The minimum absolute atomic E-state index is 0. The minimum atomic E-state index is -0.791. The summed E-state index contributed by atoms with van der Waals surface area (Å²) in [6, 6.07) is 0.877. The molecular formula is C7H8KN3O4. The smallest absolute Gasteiger partial charge is 0.584 e. The minimum Gasteiger partial charge on any atom is -0.584 e. The Hall–Kier alpha value is -0.384. The van der Waals surface area contributed by atoms with Crippen LogP contribution in [0.25, 0.3) is 5.84 Å². The fraction of sp³-hybridized carbons (Fsp3) is 0.143. The van der Waals surface area contributed by atoms with E-state index in [1.807, 2.05) is 0 Å². The molecule has 1 heterocycles. The molecule has 1 rings (SSSR count). The molecule has 1 amide bonds. The largest absolute Gasteiger partial charge is 1.00 e. The van der Waals surface area contributed by atoms with Crippen LogP contribution in [0.4, 0.5) is 0 Å². The molecule has 0 unspecified atom stereocenters. The third kappa shape index (κ3) is 3.29. The van der Waals surface area contributed by atoms with E-state index in [9.17, 15) is 9.59 Å². The van der Waals surface area contributed by atoms with Crippen LogP contribution in [-0.2, 0) is 0 Å². The van der Waals surface area contributed by atoms with Crippen molar-refractivity contribution < 1.29 is 66.0 Å². The standard InChI is InChI=1S/C7H9N3O4.K/c1-14-7-5(12)4(11)2-3(9-7)6(13)10-8;/h2H,1H3,(H5,8,9,10,11,12,13);/q;+1/p-1. The van der Waals surface area contributed by atoms with Crippen LogP contribution >= 0.6 is 0 Å². The summed E-state index contributed by atoms with van der Waals surface area (Å²) < 4.78 is 4.61. The summed E-state index contributed by atoms with van der Waals surface area (Å²) >= 11 is 0. The Morgan fingerprint density at radius 2 is 2.27 bits per heavy atom. The van der Waals surface area contributed by atoms with Crippen molar-refractivity contribution >= 4 is 5.91 Å². The number of rotatable bonds is 2. The first kappa shape index (κ1) is 14.6. The number of H-pyrrole nitrogens is 1. The SMILES string of the molecule is COc1[nH]c(C(=O)N[NH-])cc(=O)c1O.[K+]. The van der Waals surface area contributed by atoms with Crippen LogP contribution in [-0.4, -0.2) is 23.1 Å². The van der Waals surface area contributed by atoms with Gasteiger partial charge in [0.25, 0.3) is 5.91 Å². The number of ether oxygens (including phenoxy) is 1. The molecule has 15 heavy (non-hydrogen) atoms. The molecule has 0 aliphatic rings. The molecule has 1 aromatic rings. The molecule has 0 aliphatic carbocycles. The Labute approximate surface area is 127 Å². The topological polar surface area (TPSA) is 115 Å². The zero-order valence-corrected chi connectivity index (χ0v) is 11.4. The Kier molecular flexibility index (Phi) is 6.09. The summed E-state index contributed by atoms with van der Waals surface area (Å²) in [6.07, 6.45) is 0. The van der Waals surface area contributed by atoms with Gasteiger partial charge < -0.3 is 26.1 Å². The Balaban J connectivity index is 0.00000196. The van der Waals surface area contributed by atoms with Crippen molar-refractivity contribution in [2.75, 3.05) is 7.11 Å². The van der Waals surface area contributed by atoms with E-state index in [-0.39, 0.29) is 63.0 Å². The second kappa shape index (κ2) is 6.25. The molecule has 4 N–H and O–H groups in total. The fourth-order valence-corrected chi connectivity index (χ4v) is 0.866. The molecule has 0 aliphatic heterocycles. The average Bonchev–Trinajstić information content (AvgIpc) is 2.20. The van der Waals surface area contributed by atoms with Crippen LogP contribution in [0.3, 0.4) is 0 Å². The van der Waals surface area contributed by atoms with Crippen molar-refractivity contribution in [1.82, 2.24) is 10.4 Å². The quantitative estimate of drug-likeness (QED) is 0.371. The summed E-state index contributed by atoms with van der Waals surface area (Å²) in [5.41, 5.74) is 0.679. The summed E-state index contributed by atoms with van der Waals surface area (Å²) in [4.78, 5) is 24.3. The zero-order chi connectivity index (χ0) is 10.7. The summed E-state index contributed by atoms with van der Waals surface area (Å²) in [7, 11) is 1.23. The summed E-state index contributed by atoms with van der Waals surface area (Å²) in [5, 5.41) is 9.13. The van der Waals surface area contributed by atoms with Crippen molar-refractivity contribution in [3.63, 3.8) is 0 Å². The van der Waals surface area contributed by atoms with E-state index in [2.05, 4.69) is 9.72 Å². The normalized spacial score (nSPS) is 8.93. The molecule has 0 spiro atoms. The van der Waals surface area contributed by atoms with E-state index in [1.165, 1.54) is 7.11 Å². The molecule has 76 valence electrons. The summed E-state index contributed by atoms with van der Waals surface area (Å²) in [6.45, 7) is 0. The van der Waals surface area contributed by atoms with E-state index in [0.29, 0.717) is 0 Å². The average molecular weight is 237 g/mol. The molecule has 0 aromatic carbocycles. The van der Waals surface area contributed by atoms with Gasteiger partial charge in [-0.1, -0.05) is 0 Å². The second-order valence-electron chi connectivity index (χ2n) is 2.38. The van der Waals surface area contributed by atoms with Crippen LogP contribution in [0, 0.1) is 0 Å². The molecule has 0 bridgehead atoms. The number of aromatic hydroxyl groups is 1. The van der Waals surface area contributed by atoms with Gasteiger partial charge in [0.15, 0.2) is 0 Å². The number of aromatic nitrogens is 1. The van der Waals surface area contributed by atoms with E-state index >= 15 is 0 Å². The molecular weight excluding hydrogens is 229 g/mol. The van der Waals surface area contributed by atoms with E-state index < -0.39 is 17.1 Å². The number of hydrogen-bond acceptors (Lipinski definition) is 4. The Bertz CT molecular complexity index is 417. The first-order valence-corrected chi connectivity index (χ1v) is 3.57. The van der Waals surface area contributed by atoms with Crippen LogP contribution in [0.1, 0.15) is 10.5 Å². The number of carbonyl (C=O) groups excluding carboxylic acids is 1. The number of amides is 1. The fourth-order valence-electron chi connectivity index (χ4n) is 0.866. The zero-order valence-electron chi connectivity index (χ0n) is 8.25. The Morgan fingerprint density at radius 3 is 2.73 bits per heavy atom. The number of carbonyl (C=O) groups is 1. The van der Waals surface area contributed by atoms with E-state index in [0.717, 1.165) is 6.07 Å². The van der Waals surface area contributed by atoms with Crippen LogP contribution in [0.2, 0.25) is 0 Å². The van der Waals surface area contributed by atoms with Crippen molar-refractivity contribution in [3.05, 3.63) is 27.8 Å². The van der Waals surface area contributed by atoms with Gasteiger partial charge in [0.1, 0.15) is 5.69 Å². The number of nitrogens with one attached hydrogen (secondary N) is 3. The number of hydrogen-bond donors (Lipinski definition) is 3. The maximum absolute atomic E-state index is 11.0.